The molecule has 0 aromatic carbocycles. The third-order valence-electron chi connectivity index (χ3n) is 3.39. The zero-order valence-corrected chi connectivity index (χ0v) is 18.0. The van der Waals surface area contributed by atoms with Gasteiger partial charge in [0.15, 0.2) is 12.6 Å². The molecule has 0 aliphatic rings. The molecule has 0 fully saturated rings. The Bertz CT molecular complexity index is 759. The Morgan fingerprint density at radius 2 is 2.00 bits per heavy atom. The Morgan fingerprint density at radius 3 is 2.64 bits per heavy atom. The summed E-state index contributed by atoms with van der Waals surface area (Å²) in [6, 6.07) is 6.86. The van der Waals surface area contributed by atoms with Gasteiger partial charge in [-0.05, 0) is 24.1 Å². The number of aromatic nitrogens is 2. The SMILES string of the molecule is CN=C(NCCc1ccc(Cl)nc1)NCc1cccnc1OCC(F)(F)F.I. The van der Waals surface area contributed by atoms with E-state index in [4.69, 9.17) is 16.3 Å². The molecule has 0 aliphatic heterocycles. The fraction of sp³-hybridized carbons (Fsp3) is 0.353. The summed E-state index contributed by atoms with van der Waals surface area (Å²) in [4.78, 5) is 11.9. The van der Waals surface area contributed by atoms with Crippen LogP contribution in [0.5, 0.6) is 5.88 Å². The van der Waals surface area contributed by atoms with E-state index in [0.29, 0.717) is 29.6 Å². The zero-order chi connectivity index (χ0) is 19.7. The Balaban J connectivity index is 0.00000392. The molecule has 0 unspecified atom stereocenters. The zero-order valence-electron chi connectivity index (χ0n) is 15.0. The van der Waals surface area contributed by atoms with Gasteiger partial charge in [0.1, 0.15) is 5.15 Å². The van der Waals surface area contributed by atoms with Gasteiger partial charge in [-0.15, -0.1) is 24.0 Å². The van der Waals surface area contributed by atoms with Crippen LogP contribution >= 0.6 is 35.6 Å². The van der Waals surface area contributed by atoms with E-state index in [9.17, 15) is 13.2 Å². The van der Waals surface area contributed by atoms with Crippen molar-refractivity contribution in [1.29, 1.82) is 0 Å². The highest BCUT2D eigenvalue weighted by Gasteiger charge is 2.29. The van der Waals surface area contributed by atoms with E-state index in [-0.39, 0.29) is 36.4 Å². The fourth-order valence-electron chi connectivity index (χ4n) is 2.12. The summed E-state index contributed by atoms with van der Waals surface area (Å²) < 4.78 is 41.8. The molecule has 0 spiro atoms. The van der Waals surface area contributed by atoms with Crippen LogP contribution in [-0.2, 0) is 13.0 Å². The molecule has 0 amide bonds. The van der Waals surface area contributed by atoms with Gasteiger partial charge in [0.05, 0.1) is 0 Å². The van der Waals surface area contributed by atoms with Gasteiger partial charge >= 0.3 is 6.18 Å². The molecule has 0 aliphatic carbocycles. The van der Waals surface area contributed by atoms with Crippen molar-refractivity contribution in [2.45, 2.75) is 19.1 Å². The van der Waals surface area contributed by atoms with Gasteiger partial charge in [0.25, 0.3) is 0 Å². The molecule has 2 rings (SSSR count). The predicted octanol–water partition coefficient (Wildman–Crippen LogP) is 3.60. The second-order valence-corrected chi connectivity index (χ2v) is 5.85. The highest BCUT2D eigenvalue weighted by Crippen LogP contribution is 2.19. The van der Waals surface area contributed by atoms with Crippen LogP contribution in [0.4, 0.5) is 13.2 Å². The summed E-state index contributed by atoms with van der Waals surface area (Å²) in [5.41, 5.74) is 1.50. The number of nitrogens with zero attached hydrogens (tertiary/aromatic N) is 3. The average Bonchev–Trinajstić information content (AvgIpc) is 2.64. The smallest absolute Gasteiger partial charge is 0.422 e. The summed E-state index contributed by atoms with van der Waals surface area (Å²) in [7, 11) is 1.60. The van der Waals surface area contributed by atoms with Crippen molar-refractivity contribution in [2.24, 2.45) is 4.99 Å². The van der Waals surface area contributed by atoms with E-state index < -0.39 is 12.8 Å². The van der Waals surface area contributed by atoms with Gasteiger partial charge in [-0.3, -0.25) is 4.99 Å². The van der Waals surface area contributed by atoms with Gasteiger partial charge in [-0.25, -0.2) is 9.97 Å². The molecule has 0 atom stereocenters. The number of pyridine rings is 2. The molecule has 2 heterocycles. The summed E-state index contributed by atoms with van der Waals surface area (Å²) in [5.74, 6) is 0.438. The lowest BCUT2D eigenvalue weighted by Crippen LogP contribution is -2.38. The van der Waals surface area contributed by atoms with Gasteiger partial charge in [0.2, 0.25) is 5.88 Å². The number of hydrogen-bond donors (Lipinski definition) is 2. The third kappa shape index (κ3) is 8.91. The van der Waals surface area contributed by atoms with Gasteiger partial charge in [0, 0.05) is 38.1 Å². The molecule has 0 saturated carbocycles. The Labute approximate surface area is 183 Å². The number of alkyl halides is 3. The van der Waals surface area contributed by atoms with Crippen molar-refractivity contribution in [3.8, 4) is 5.88 Å². The molecule has 2 aromatic heterocycles. The van der Waals surface area contributed by atoms with Crippen molar-refractivity contribution < 1.29 is 17.9 Å². The largest absolute Gasteiger partial charge is 0.468 e. The van der Waals surface area contributed by atoms with E-state index in [1.54, 1.807) is 31.4 Å². The second-order valence-electron chi connectivity index (χ2n) is 5.46. The average molecular weight is 530 g/mol. The van der Waals surface area contributed by atoms with Crippen LogP contribution in [0.3, 0.4) is 0 Å². The number of guanidine groups is 1. The first-order valence-electron chi connectivity index (χ1n) is 8.06. The molecule has 11 heteroatoms. The van der Waals surface area contributed by atoms with E-state index in [1.165, 1.54) is 6.20 Å². The maximum atomic E-state index is 12.3. The number of hydrogen-bond acceptors (Lipinski definition) is 4. The maximum absolute atomic E-state index is 12.3. The standard InChI is InChI=1S/C17H19ClF3N5O.HI/c1-22-16(24-8-6-12-4-5-14(18)25-9-12)26-10-13-3-2-7-23-15(13)27-11-17(19,20)21;/h2-5,7,9H,6,8,10-11H2,1H3,(H2,22,24,26);1H. The first-order valence-corrected chi connectivity index (χ1v) is 8.43. The van der Waals surface area contributed by atoms with Crippen molar-refractivity contribution in [1.82, 2.24) is 20.6 Å². The van der Waals surface area contributed by atoms with Crippen LogP contribution in [0.1, 0.15) is 11.1 Å². The molecule has 154 valence electrons. The number of ether oxygens (including phenoxy) is 1. The number of rotatable bonds is 7. The van der Waals surface area contributed by atoms with Crippen molar-refractivity contribution in [2.75, 3.05) is 20.2 Å². The summed E-state index contributed by atoms with van der Waals surface area (Å²) in [6.45, 7) is -0.588. The van der Waals surface area contributed by atoms with E-state index in [0.717, 1.165) is 5.56 Å². The van der Waals surface area contributed by atoms with Crippen molar-refractivity contribution in [3.63, 3.8) is 0 Å². The monoisotopic (exact) mass is 529 g/mol. The van der Waals surface area contributed by atoms with Gasteiger partial charge in [-0.2, -0.15) is 13.2 Å². The first-order chi connectivity index (χ1) is 12.9. The summed E-state index contributed by atoms with van der Waals surface area (Å²) >= 11 is 5.74. The number of nitrogens with one attached hydrogen (secondary N) is 2. The lowest BCUT2D eigenvalue weighted by atomic mass is 10.2. The molecule has 2 N–H and O–H groups in total. The molecule has 0 radical (unpaired) electrons. The molecule has 0 saturated heterocycles. The van der Waals surface area contributed by atoms with Crippen LogP contribution in [-0.4, -0.2) is 42.3 Å². The molecule has 0 bridgehead atoms. The molecular formula is C17H20ClF3IN5O. The number of aliphatic imine (C=N–C) groups is 1. The van der Waals surface area contributed by atoms with E-state index in [1.807, 2.05) is 6.07 Å². The quantitative estimate of drug-likeness (QED) is 0.248. The molecular weight excluding hydrogens is 510 g/mol. The highest BCUT2D eigenvalue weighted by molar-refractivity contribution is 14.0. The minimum atomic E-state index is -4.42. The van der Waals surface area contributed by atoms with Crippen LogP contribution in [0.25, 0.3) is 0 Å². The first kappa shape index (κ1) is 24.2. The fourth-order valence-corrected chi connectivity index (χ4v) is 2.23. The normalized spacial score (nSPS) is 11.5. The highest BCUT2D eigenvalue weighted by atomic mass is 127. The number of halogens is 5. The Kier molecular flexibility index (Phi) is 10.3. The van der Waals surface area contributed by atoms with Gasteiger partial charge < -0.3 is 15.4 Å². The topological polar surface area (TPSA) is 71.4 Å². The van der Waals surface area contributed by atoms with E-state index >= 15 is 0 Å². The van der Waals surface area contributed by atoms with E-state index in [2.05, 4.69) is 25.6 Å². The van der Waals surface area contributed by atoms with Crippen LogP contribution in [0, 0.1) is 0 Å². The van der Waals surface area contributed by atoms with Crippen LogP contribution < -0.4 is 15.4 Å². The van der Waals surface area contributed by atoms with Crippen LogP contribution in [0.2, 0.25) is 5.15 Å². The lowest BCUT2D eigenvalue weighted by Gasteiger charge is -2.14. The van der Waals surface area contributed by atoms with Crippen molar-refractivity contribution >= 4 is 41.5 Å². The summed E-state index contributed by atoms with van der Waals surface area (Å²) in [6.07, 6.45) is -0.642. The minimum Gasteiger partial charge on any atom is -0.468 e. The Hall–Kier alpha value is -1.82. The third-order valence-corrected chi connectivity index (χ3v) is 3.61. The maximum Gasteiger partial charge on any atom is 0.422 e. The molecule has 6 nitrogen and oxygen atoms in total. The predicted molar refractivity (Wildman–Crippen MR) is 112 cm³/mol. The molecule has 28 heavy (non-hydrogen) atoms. The lowest BCUT2D eigenvalue weighted by molar-refractivity contribution is -0.154. The molecule has 2 aromatic rings. The van der Waals surface area contributed by atoms with Gasteiger partial charge in [-0.1, -0.05) is 23.7 Å². The summed E-state index contributed by atoms with van der Waals surface area (Å²) in [5, 5.41) is 6.57. The van der Waals surface area contributed by atoms with Crippen molar-refractivity contribution in [3.05, 3.63) is 52.9 Å². The second kappa shape index (κ2) is 11.9. The van der Waals surface area contributed by atoms with Crippen LogP contribution in [0.15, 0.2) is 41.7 Å². The minimum absolute atomic E-state index is 0. The Morgan fingerprint density at radius 1 is 1.21 bits per heavy atom.